The van der Waals surface area contributed by atoms with Crippen molar-refractivity contribution in [1.82, 2.24) is 0 Å². The van der Waals surface area contributed by atoms with Gasteiger partial charge in [0, 0.05) is 11.6 Å². The molecule has 0 aromatic heterocycles. The van der Waals surface area contributed by atoms with Gasteiger partial charge < -0.3 is 4.74 Å². The molecule has 0 spiro atoms. The summed E-state index contributed by atoms with van der Waals surface area (Å²) >= 11 is 0. The summed E-state index contributed by atoms with van der Waals surface area (Å²) in [4.78, 5) is -1.42. The van der Waals surface area contributed by atoms with Crippen LogP contribution in [0.15, 0.2) is 35.2 Å². The molecule has 27 heavy (non-hydrogen) atoms. The second-order valence-electron chi connectivity index (χ2n) is 5.40. The van der Waals surface area contributed by atoms with Gasteiger partial charge in [0.1, 0.15) is 28.1 Å². The number of fused-ring (bicyclic) bond motifs is 1. The van der Waals surface area contributed by atoms with Crippen LogP contribution < -0.4 is 4.74 Å². The molecule has 0 aliphatic carbocycles. The SMILES string of the molecule is N#Cc1cc(F)cc(Oc2ccc3c(c2C(F)F)[S@](=O)C(F)(F)C3(F)F)c1. The number of nitriles is 1. The van der Waals surface area contributed by atoms with Crippen molar-refractivity contribution >= 4 is 10.8 Å². The number of hydrogen-bond acceptors (Lipinski definition) is 3. The Kier molecular flexibility index (Phi) is 4.42. The lowest BCUT2D eigenvalue weighted by atomic mass is 10.0. The van der Waals surface area contributed by atoms with Gasteiger partial charge in [-0.3, -0.25) is 0 Å². The molecule has 0 N–H and O–H groups in total. The Morgan fingerprint density at radius 1 is 1.11 bits per heavy atom. The molecule has 0 radical (unpaired) electrons. The van der Waals surface area contributed by atoms with Crippen molar-refractivity contribution in [3.8, 4) is 17.6 Å². The van der Waals surface area contributed by atoms with Crippen LogP contribution >= 0.6 is 0 Å². The molecule has 11 heteroatoms. The first-order chi connectivity index (χ1) is 12.5. The molecule has 142 valence electrons. The lowest BCUT2D eigenvalue weighted by Gasteiger charge is -2.17. The predicted molar refractivity (Wildman–Crippen MR) is 77.8 cm³/mol. The van der Waals surface area contributed by atoms with Crippen LogP contribution in [0, 0.1) is 17.1 Å². The highest BCUT2D eigenvalue weighted by molar-refractivity contribution is 7.86. The van der Waals surface area contributed by atoms with Gasteiger partial charge in [0.15, 0.2) is 0 Å². The Balaban J connectivity index is 2.19. The average Bonchev–Trinajstić information content (AvgIpc) is 2.71. The number of ether oxygens (including phenoxy) is 1. The third-order valence-electron chi connectivity index (χ3n) is 3.72. The molecule has 3 nitrogen and oxygen atoms in total. The van der Waals surface area contributed by atoms with Gasteiger partial charge in [-0.25, -0.2) is 17.4 Å². The number of benzene rings is 2. The third-order valence-corrected chi connectivity index (χ3v) is 5.26. The van der Waals surface area contributed by atoms with Gasteiger partial charge in [0.25, 0.3) is 6.43 Å². The molecule has 1 aliphatic rings. The zero-order valence-corrected chi connectivity index (χ0v) is 13.6. The minimum absolute atomic E-state index is 0.230. The van der Waals surface area contributed by atoms with Crippen LogP contribution in [0.4, 0.5) is 30.7 Å². The van der Waals surface area contributed by atoms with Gasteiger partial charge in [-0.2, -0.15) is 22.8 Å². The van der Waals surface area contributed by atoms with E-state index in [9.17, 15) is 34.9 Å². The highest BCUT2D eigenvalue weighted by atomic mass is 32.2. The number of halogens is 7. The second kappa shape index (κ2) is 6.23. The fourth-order valence-electron chi connectivity index (χ4n) is 2.54. The monoisotopic (exact) mass is 409 g/mol. The molecule has 0 unspecified atom stereocenters. The van der Waals surface area contributed by atoms with E-state index < -0.39 is 61.7 Å². The first-order valence-corrected chi connectivity index (χ1v) is 8.17. The van der Waals surface area contributed by atoms with Crippen molar-refractivity contribution in [2.45, 2.75) is 22.5 Å². The van der Waals surface area contributed by atoms with E-state index in [0.29, 0.717) is 18.2 Å². The molecule has 1 atom stereocenters. The van der Waals surface area contributed by atoms with Crippen molar-refractivity contribution in [1.29, 1.82) is 5.26 Å². The first kappa shape index (κ1) is 19.2. The van der Waals surface area contributed by atoms with Crippen molar-refractivity contribution in [2.24, 2.45) is 0 Å². The van der Waals surface area contributed by atoms with Crippen LogP contribution in [0.1, 0.15) is 23.1 Å². The van der Waals surface area contributed by atoms with Gasteiger partial charge in [0.2, 0.25) is 0 Å². The molecule has 0 bridgehead atoms. The summed E-state index contributed by atoms with van der Waals surface area (Å²) in [5, 5.41) is 3.69. The zero-order chi connectivity index (χ0) is 20.1. The van der Waals surface area contributed by atoms with E-state index in [1.54, 1.807) is 6.07 Å². The van der Waals surface area contributed by atoms with E-state index in [-0.39, 0.29) is 5.56 Å². The summed E-state index contributed by atoms with van der Waals surface area (Å²) in [6.45, 7) is 0. The van der Waals surface area contributed by atoms with Crippen LogP contribution in [0.2, 0.25) is 0 Å². The molecule has 2 aromatic rings. The summed E-state index contributed by atoms with van der Waals surface area (Å²) < 4.78 is 112. The van der Waals surface area contributed by atoms with Crippen LogP contribution in [0.5, 0.6) is 11.5 Å². The molecule has 1 aliphatic heterocycles. The highest BCUT2D eigenvalue weighted by Crippen LogP contribution is 2.57. The molecule has 1 heterocycles. The van der Waals surface area contributed by atoms with Gasteiger partial charge >= 0.3 is 11.2 Å². The number of hydrogen-bond donors (Lipinski definition) is 0. The van der Waals surface area contributed by atoms with Crippen LogP contribution in [0.25, 0.3) is 0 Å². The van der Waals surface area contributed by atoms with Crippen molar-refractivity contribution in [2.75, 3.05) is 0 Å². The lowest BCUT2D eigenvalue weighted by Crippen LogP contribution is -2.35. The zero-order valence-electron chi connectivity index (χ0n) is 12.8. The molecule has 0 amide bonds. The largest absolute Gasteiger partial charge is 0.457 e. The molecule has 2 aromatic carbocycles. The summed E-state index contributed by atoms with van der Waals surface area (Å²) in [5.41, 5.74) is -3.14. The number of rotatable bonds is 3. The molecule has 0 saturated carbocycles. The predicted octanol–water partition coefficient (Wildman–Crippen LogP) is 5.23. The van der Waals surface area contributed by atoms with Crippen LogP contribution in [-0.4, -0.2) is 9.46 Å². The Labute approximate surface area is 149 Å². The van der Waals surface area contributed by atoms with Crippen LogP contribution in [0.3, 0.4) is 0 Å². The normalized spacial score (nSPS) is 19.6. The molecule has 0 saturated heterocycles. The van der Waals surface area contributed by atoms with E-state index >= 15 is 0 Å². The minimum atomic E-state index is -5.08. The summed E-state index contributed by atoms with van der Waals surface area (Å²) in [6.07, 6.45) is -3.59. The maximum absolute atomic E-state index is 13.8. The van der Waals surface area contributed by atoms with E-state index in [0.717, 1.165) is 12.1 Å². The Morgan fingerprint density at radius 3 is 2.37 bits per heavy atom. The van der Waals surface area contributed by atoms with E-state index in [1.165, 1.54) is 0 Å². The van der Waals surface area contributed by atoms with E-state index in [4.69, 9.17) is 10.00 Å². The van der Waals surface area contributed by atoms with E-state index in [2.05, 4.69) is 0 Å². The topological polar surface area (TPSA) is 50.1 Å². The fourth-order valence-corrected chi connectivity index (χ4v) is 3.92. The molecular formula is C16H6F7NO2S. The lowest BCUT2D eigenvalue weighted by molar-refractivity contribution is -0.156. The van der Waals surface area contributed by atoms with Gasteiger partial charge in [-0.1, -0.05) is 0 Å². The molecular weight excluding hydrogens is 403 g/mol. The van der Waals surface area contributed by atoms with Crippen LogP contribution in [-0.2, 0) is 16.7 Å². The minimum Gasteiger partial charge on any atom is -0.457 e. The highest BCUT2D eigenvalue weighted by Gasteiger charge is 2.69. The standard InChI is InChI=1S/C16H6F7NO2S/c17-8-3-7(6-24)4-9(5-8)26-11-2-1-10-13(12(11)14(18)19)27(25)16(22,23)15(10,20)21/h1-5,14H/t27-/m0/s1. The number of alkyl halides is 6. The quantitative estimate of drug-likeness (QED) is 0.652. The molecule has 0 fully saturated rings. The summed E-state index contributed by atoms with van der Waals surface area (Å²) in [5.74, 6) is -7.18. The van der Waals surface area contributed by atoms with Gasteiger partial charge in [0.05, 0.1) is 22.1 Å². The Bertz CT molecular complexity index is 1000. The first-order valence-electron chi connectivity index (χ1n) is 7.02. The summed E-state index contributed by atoms with van der Waals surface area (Å²) in [7, 11) is -3.76. The number of nitrogens with zero attached hydrogens (tertiary/aromatic N) is 1. The third kappa shape index (κ3) is 2.84. The Morgan fingerprint density at radius 2 is 1.78 bits per heavy atom. The Hall–Kier alpha value is -2.61. The summed E-state index contributed by atoms with van der Waals surface area (Å²) in [6, 6.07) is 5.06. The van der Waals surface area contributed by atoms with Gasteiger partial charge in [-0.15, -0.1) is 0 Å². The fraction of sp³-hybridized carbons (Fsp3) is 0.188. The van der Waals surface area contributed by atoms with Crippen molar-refractivity contribution < 1.29 is 39.7 Å². The van der Waals surface area contributed by atoms with Gasteiger partial charge in [-0.05, 0) is 24.3 Å². The maximum atomic E-state index is 13.8. The maximum Gasteiger partial charge on any atom is 0.391 e. The van der Waals surface area contributed by atoms with Crippen molar-refractivity contribution in [3.05, 3.63) is 52.8 Å². The van der Waals surface area contributed by atoms with E-state index in [1.807, 2.05) is 0 Å². The molecule has 3 rings (SSSR count). The average molecular weight is 409 g/mol. The smallest absolute Gasteiger partial charge is 0.391 e. The van der Waals surface area contributed by atoms with Crippen molar-refractivity contribution in [3.63, 3.8) is 0 Å². The second-order valence-corrected chi connectivity index (χ2v) is 6.86.